The molecule has 3 amide bonds. The minimum atomic E-state index is -0.456. The van der Waals surface area contributed by atoms with Gasteiger partial charge in [-0.25, -0.2) is 4.79 Å². The number of rotatable bonds is 1. The Kier molecular flexibility index (Phi) is 4.57. The summed E-state index contributed by atoms with van der Waals surface area (Å²) in [5.74, 6) is -0.648. The van der Waals surface area contributed by atoms with Crippen molar-refractivity contribution in [3.8, 4) is 0 Å². The molecule has 0 saturated carbocycles. The maximum absolute atomic E-state index is 11.6. The highest BCUT2D eigenvalue weighted by Crippen LogP contribution is 2.29. The highest BCUT2D eigenvalue weighted by molar-refractivity contribution is 6.28. The van der Waals surface area contributed by atoms with E-state index in [0.29, 0.717) is 13.1 Å². The van der Waals surface area contributed by atoms with Crippen LogP contribution >= 0.6 is 11.6 Å². The van der Waals surface area contributed by atoms with Gasteiger partial charge in [-0.3, -0.25) is 10.1 Å². The largest absolute Gasteiger partial charge is 0.324 e. The van der Waals surface area contributed by atoms with Gasteiger partial charge >= 0.3 is 6.03 Å². The summed E-state index contributed by atoms with van der Waals surface area (Å²) >= 11 is 5.32. The van der Waals surface area contributed by atoms with Crippen LogP contribution in [0, 0.1) is 5.41 Å². The number of halogens is 1. The summed E-state index contributed by atoms with van der Waals surface area (Å²) in [7, 11) is 0. The number of alkyl halides is 1. The normalized spacial score (nSPS) is 16.5. The first-order valence-electron chi connectivity index (χ1n) is 5.69. The molecule has 96 valence electrons. The van der Waals surface area contributed by atoms with E-state index in [1.807, 2.05) is 0 Å². The third-order valence-electron chi connectivity index (χ3n) is 2.83. The first-order chi connectivity index (χ1) is 7.84. The Labute approximate surface area is 107 Å². The quantitative estimate of drug-likeness (QED) is 0.579. The van der Waals surface area contributed by atoms with Gasteiger partial charge in [0.2, 0.25) is 5.91 Å². The minimum absolute atomic E-state index is 0.147. The Morgan fingerprint density at radius 3 is 2.53 bits per heavy atom. The average Bonchev–Trinajstić information content (AvgIpc) is 2.27. The molecule has 1 aliphatic heterocycles. The lowest BCUT2D eigenvalue weighted by Crippen LogP contribution is -2.45. The molecule has 0 aromatic carbocycles. The van der Waals surface area contributed by atoms with E-state index >= 15 is 0 Å². The van der Waals surface area contributed by atoms with Gasteiger partial charge in [-0.15, -0.1) is 11.6 Å². The number of nitrogens with zero attached hydrogens (tertiary/aromatic N) is 1. The second-order valence-corrected chi connectivity index (χ2v) is 5.43. The lowest BCUT2D eigenvalue weighted by Gasteiger charge is -2.32. The molecule has 0 spiro atoms. The molecule has 0 atom stereocenters. The summed E-state index contributed by atoms with van der Waals surface area (Å²) < 4.78 is 0. The number of imide groups is 1. The summed E-state index contributed by atoms with van der Waals surface area (Å²) in [5.41, 5.74) is 1.50. The van der Waals surface area contributed by atoms with Gasteiger partial charge < -0.3 is 4.90 Å². The molecule has 0 aromatic heterocycles. The Hall–Kier alpha value is -1.03. The van der Waals surface area contributed by atoms with Gasteiger partial charge in [0.05, 0.1) is 0 Å². The van der Waals surface area contributed by atoms with Crippen LogP contribution in [-0.4, -0.2) is 35.8 Å². The van der Waals surface area contributed by atoms with Crippen LogP contribution < -0.4 is 5.32 Å². The fraction of sp³-hybridized carbons (Fsp3) is 0.667. The van der Waals surface area contributed by atoms with Crippen molar-refractivity contribution in [2.75, 3.05) is 19.0 Å². The third kappa shape index (κ3) is 4.04. The SMILES string of the molecule is CC(C)(C)C1=CCN(C(=O)NC(=O)CCl)CC1. The van der Waals surface area contributed by atoms with Crippen LogP contribution in [-0.2, 0) is 4.79 Å². The lowest BCUT2D eigenvalue weighted by molar-refractivity contribution is -0.117. The molecular formula is C12H19ClN2O2. The van der Waals surface area contributed by atoms with Gasteiger partial charge in [0.25, 0.3) is 0 Å². The lowest BCUT2D eigenvalue weighted by atomic mass is 9.83. The third-order valence-corrected chi connectivity index (χ3v) is 3.07. The van der Waals surface area contributed by atoms with Crippen molar-refractivity contribution in [2.24, 2.45) is 5.41 Å². The van der Waals surface area contributed by atoms with Gasteiger partial charge in [0, 0.05) is 13.1 Å². The van der Waals surface area contributed by atoms with Crippen LogP contribution in [0.25, 0.3) is 0 Å². The maximum atomic E-state index is 11.6. The van der Waals surface area contributed by atoms with Gasteiger partial charge in [0.15, 0.2) is 0 Å². The van der Waals surface area contributed by atoms with Crippen molar-refractivity contribution in [1.82, 2.24) is 10.2 Å². The van der Waals surface area contributed by atoms with E-state index in [1.165, 1.54) is 5.57 Å². The zero-order valence-electron chi connectivity index (χ0n) is 10.5. The highest BCUT2D eigenvalue weighted by Gasteiger charge is 2.24. The molecule has 1 rings (SSSR count). The summed E-state index contributed by atoms with van der Waals surface area (Å²) in [6.45, 7) is 7.67. The number of hydrogen-bond donors (Lipinski definition) is 1. The molecule has 4 nitrogen and oxygen atoms in total. The van der Waals surface area contributed by atoms with Crippen LogP contribution in [0.15, 0.2) is 11.6 Å². The fourth-order valence-corrected chi connectivity index (χ4v) is 1.83. The van der Waals surface area contributed by atoms with Crippen molar-refractivity contribution in [3.63, 3.8) is 0 Å². The number of amides is 3. The molecule has 1 N–H and O–H groups in total. The zero-order valence-corrected chi connectivity index (χ0v) is 11.3. The summed E-state index contributed by atoms with van der Waals surface area (Å²) in [6, 6.07) is -0.361. The molecule has 0 bridgehead atoms. The van der Waals surface area contributed by atoms with Crippen molar-refractivity contribution in [3.05, 3.63) is 11.6 Å². The molecule has 17 heavy (non-hydrogen) atoms. The number of urea groups is 1. The molecule has 1 aliphatic rings. The van der Waals surface area contributed by atoms with Gasteiger partial charge in [-0.2, -0.15) is 0 Å². The van der Waals surface area contributed by atoms with Crippen LogP contribution in [0.5, 0.6) is 0 Å². The molecule has 5 heteroatoms. The van der Waals surface area contributed by atoms with E-state index in [2.05, 4.69) is 32.2 Å². The molecular weight excluding hydrogens is 240 g/mol. The maximum Gasteiger partial charge on any atom is 0.324 e. The summed E-state index contributed by atoms with van der Waals surface area (Å²) in [5, 5.41) is 2.24. The Morgan fingerprint density at radius 1 is 1.47 bits per heavy atom. The van der Waals surface area contributed by atoms with E-state index in [4.69, 9.17) is 11.6 Å². The van der Waals surface area contributed by atoms with Crippen molar-refractivity contribution in [1.29, 1.82) is 0 Å². The number of carbonyl (C=O) groups excluding carboxylic acids is 2. The molecule has 0 aliphatic carbocycles. The molecule has 0 saturated heterocycles. The molecule has 0 radical (unpaired) electrons. The Morgan fingerprint density at radius 2 is 2.12 bits per heavy atom. The predicted molar refractivity (Wildman–Crippen MR) is 68.0 cm³/mol. The van der Waals surface area contributed by atoms with Crippen LogP contribution in [0.4, 0.5) is 4.79 Å². The standard InChI is InChI=1S/C12H19ClN2O2/c1-12(2,3)9-4-6-15(7-5-9)11(17)14-10(16)8-13/h4H,5-8H2,1-3H3,(H,14,16,17). The zero-order chi connectivity index (χ0) is 13.1. The average molecular weight is 259 g/mol. The monoisotopic (exact) mass is 258 g/mol. The molecule has 0 fully saturated rings. The molecule has 0 aromatic rings. The fourth-order valence-electron chi connectivity index (χ4n) is 1.77. The number of nitrogens with one attached hydrogen (secondary N) is 1. The van der Waals surface area contributed by atoms with Crippen LogP contribution in [0.2, 0.25) is 0 Å². The van der Waals surface area contributed by atoms with Gasteiger partial charge in [-0.05, 0) is 11.8 Å². The van der Waals surface area contributed by atoms with Gasteiger partial charge in [0.1, 0.15) is 5.88 Å². The van der Waals surface area contributed by atoms with Gasteiger partial charge in [-0.1, -0.05) is 32.4 Å². The van der Waals surface area contributed by atoms with Crippen molar-refractivity contribution >= 4 is 23.5 Å². The molecule has 0 unspecified atom stereocenters. The van der Waals surface area contributed by atoms with Crippen LogP contribution in [0.3, 0.4) is 0 Å². The topological polar surface area (TPSA) is 49.4 Å². The van der Waals surface area contributed by atoms with E-state index in [-0.39, 0.29) is 17.3 Å². The van der Waals surface area contributed by atoms with E-state index in [1.54, 1.807) is 4.90 Å². The second kappa shape index (κ2) is 5.54. The number of hydrogen-bond acceptors (Lipinski definition) is 2. The molecule has 1 heterocycles. The Balaban J connectivity index is 2.54. The van der Waals surface area contributed by atoms with Crippen molar-refractivity contribution < 1.29 is 9.59 Å². The summed E-state index contributed by atoms with van der Waals surface area (Å²) in [4.78, 5) is 24.2. The highest BCUT2D eigenvalue weighted by atomic mass is 35.5. The smallest absolute Gasteiger partial charge is 0.320 e. The predicted octanol–water partition coefficient (Wildman–Crippen LogP) is 2.14. The second-order valence-electron chi connectivity index (χ2n) is 5.16. The minimum Gasteiger partial charge on any atom is -0.320 e. The van der Waals surface area contributed by atoms with E-state index in [0.717, 1.165) is 6.42 Å². The first-order valence-corrected chi connectivity index (χ1v) is 6.22. The number of carbonyl (C=O) groups is 2. The summed E-state index contributed by atoms with van der Waals surface area (Å²) in [6.07, 6.45) is 2.92. The first kappa shape index (κ1) is 14.0. The van der Waals surface area contributed by atoms with E-state index in [9.17, 15) is 9.59 Å². The van der Waals surface area contributed by atoms with E-state index < -0.39 is 5.91 Å². The van der Waals surface area contributed by atoms with Crippen LogP contribution in [0.1, 0.15) is 27.2 Å². The van der Waals surface area contributed by atoms with Crippen molar-refractivity contribution in [2.45, 2.75) is 27.2 Å². The Bertz CT molecular complexity index is 345.